The van der Waals surface area contributed by atoms with Gasteiger partial charge in [-0.1, -0.05) is 0 Å². The van der Waals surface area contributed by atoms with E-state index in [9.17, 15) is 0 Å². The van der Waals surface area contributed by atoms with Crippen molar-refractivity contribution in [2.45, 2.75) is 32.6 Å². The van der Waals surface area contributed by atoms with Crippen molar-refractivity contribution in [3.05, 3.63) is 53.5 Å². The van der Waals surface area contributed by atoms with Crippen molar-refractivity contribution in [3.8, 4) is 11.3 Å². The standard InChI is InChI=1S/C20H22N4/c1-13-10-18-19(11-17(13)16-4-3-7-22-12-16)23-14(2)20(24-18)15-5-8-21-9-6-15/h5-6,8-11,16,22H,3-4,7,12H2,1-2H3. The molecule has 4 rings (SSSR count). The zero-order chi connectivity index (χ0) is 16.5. The van der Waals surface area contributed by atoms with Crippen LogP contribution < -0.4 is 5.32 Å². The highest BCUT2D eigenvalue weighted by Crippen LogP contribution is 2.30. The zero-order valence-electron chi connectivity index (χ0n) is 14.2. The van der Waals surface area contributed by atoms with Gasteiger partial charge in [0.1, 0.15) is 0 Å². The van der Waals surface area contributed by atoms with Crippen LogP contribution in [-0.2, 0) is 0 Å². The second kappa shape index (κ2) is 6.29. The highest BCUT2D eigenvalue weighted by molar-refractivity contribution is 5.80. The van der Waals surface area contributed by atoms with Crippen LogP contribution in [0.5, 0.6) is 0 Å². The lowest BCUT2D eigenvalue weighted by molar-refractivity contribution is 0.460. The fraction of sp³-hybridized carbons (Fsp3) is 0.350. The average molecular weight is 318 g/mol. The number of aromatic nitrogens is 3. The Morgan fingerprint density at radius 3 is 2.58 bits per heavy atom. The highest BCUT2D eigenvalue weighted by Gasteiger charge is 2.18. The fourth-order valence-corrected chi connectivity index (χ4v) is 3.65. The fourth-order valence-electron chi connectivity index (χ4n) is 3.65. The minimum atomic E-state index is 0.588. The van der Waals surface area contributed by atoms with E-state index in [-0.39, 0.29) is 0 Å². The molecule has 0 spiro atoms. The quantitative estimate of drug-likeness (QED) is 0.781. The molecule has 0 aliphatic carbocycles. The summed E-state index contributed by atoms with van der Waals surface area (Å²) in [5.41, 5.74) is 7.67. The Morgan fingerprint density at radius 2 is 1.83 bits per heavy atom. The molecule has 3 heterocycles. The maximum Gasteiger partial charge on any atom is 0.0923 e. The van der Waals surface area contributed by atoms with Gasteiger partial charge in [-0.25, -0.2) is 9.97 Å². The maximum atomic E-state index is 4.89. The summed E-state index contributed by atoms with van der Waals surface area (Å²) in [5, 5.41) is 3.51. The molecule has 1 N–H and O–H groups in total. The van der Waals surface area contributed by atoms with Crippen LogP contribution >= 0.6 is 0 Å². The molecule has 3 aromatic rings. The smallest absolute Gasteiger partial charge is 0.0923 e. The molecule has 0 radical (unpaired) electrons. The van der Waals surface area contributed by atoms with Crippen molar-refractivity contribution >= 4 is 11.0 Å². The second-order valence-electron chi connectivity index (χ2n) is 6.63. The van der Waals surface area contributed by atoms with Crippen LogP contribution in [0.25, 0.3) is 22.3 Å². The molecule has 4 heteroatoms. The van der Waals surface area contributed by atoms with Gasteiger partial charge in [0.25, 0.3) is 0 Å². The molecular formula is C20H22N4. The summed E-state index contributed by atoms with van der Waals surface area (Å²) in [6, 6.07) is 8.41. The summed E-state index contributed by atoms with van der Waals surface area (Å²) in [4.78, 5) is 13.8. The number of fused-ring (bicyclic) bond motifs is 1. The lowest BCUT2D eigenvalue weighted by Gasteiger charge is -2.25. The molecule has 1 aromatic carbocycles. The predicted octanol–water partition coefficient (Wildman–Crippen LogP) is 3.78. The summed E-state index contributed by atoms with van der Waals surface area (Å²) in [6.45, 7) is 6.42. The van der Waals surface area contributed by atoms with E-state index in [1.807, 2.05) is 19.1 Å². The van der Waals surface area contributed by atoms with Gasteiger partial charge >= 0.3 is 0 Å². The van der Waals surface area contributed by atoms with Gasteiger partial charge < -0.3 is 5.32 Å². The molecule has 1 unspecified atom stereocenters. The molecule has 2 aromatic heterocycles. The van der Waals surface area contributed by atoms with E-state index >= 15 is 0 Å². The van der Waals surface area contributed by atoms with Gasteiger partial charge in [-0.05, 0) is 74.5 Å². The highest BCUT2D eigenvalue weighted by atomic mass is 14.9. The van der Waals surface area contributed by atoms with Gasteiger partial charge in [-0.15, -0.1) is 0 Å². The second-order valence-corrected chi connectivity index (χ2v) is 6.63. The Hall–Kier alpha value is -2.33. The molecule has 1 aliphatic heterocycles. The Morgan fingerprint density at radius 1 is 1.04 bits per heavy atom. The third-order valence-electron chi connectivity index (χ3n) is 4.92. The van der Waals surface area contributed by atoms with Crippen LogP contribution in [0.15, 0.2) is 36.7 Å². The minimum Gasteiger partial charge on any atom is -0.316 e. The number of hydrogen-bond acceptors (Lipinski definition) is 4. The normalized spacial score (nSPS) is 18.0. The molecule has 0 saturated carbocycles. The molecular weight excluding hydrogens is 296 g/mol. The molecule has 1 saturated heterocycles. The van der Waals surface area contributed by atoms with E-state index in [0.29, 0.717) is 5.92 Å². The van der Waals surface area contributed by atoms with Gasteiger partial charge in [0.05, 0.1) is 22.4 Å². The monoisotopic (exact) mass is 318 g/mol. The Labute approximate surface area is 142 Å². The van der Waals surface area contributed by atoms with E-state index in [4.69, 9.17) is 9.97 Å². The molecule has 1 atom stereocenters. The largest absolute Gasteiger partial charge is 0.316 e. The first-order valence-electron chi connectivity index (χ1n) is 8.62. The SMILES string of the molecule is Cc1cc2nc(-c3ccncc3)c(C)nc2cc1C1CCCNC1. The van der Waals surface area contributed by atoms with Crippen LogP contribution in [0.1, 0.15) is 35.6 Å². The van der Waals surface area contributed by atoms with Crippen LogP contribution in [0.3, 0.4) is 0 Å². The van der Waals surface area contributed by atoms with Crippen LogP contribution in [-0.4, -0.2) is 28.0 Å². The topological polar surface area (TPSA) is 50.7 Å². The first-order chi connectivity index (χ1) is 11.7. The number of pyridine rings is 1. The summed E-state index contributed by atoms with van der Waals surface area (Å²) < 4.78 is 0. The van der Waals surface area contributed by atoms with Gasteiger partial charge in [-0.3, -0.25) is 4.98 Å². The van der Waals surface area contributed by atoms with E-state index in [2.05, 4.69) is 29.4 Å². The average Bonchev–Trinajstić information content (AvgIpc) is 2.62. The third kappa shape index (κ3) is 2.78. The Kier molecular flexibility index (Phi) is 3.98. The lowest BCUT2D eigenvalue weighted by atomic mass is 9.88. The number of benzene rings is 1. The van der Waals surface area contributed by atoms with Gasteiger partial charge in [0.15, 0.2) is 0 Å². The number of rotatable bonds is 2. The van der Waals surface area contributed by atoms with Crippen molar-refractivity contribution < 1.29 is 0 Å². The number of nitrogens with one attached hydrogen (secondary N) is 1. The molecule has 1 fully saturated rings. The van der Waals surface area contributed by atoms with Crippen LogP contribution in [0.2, 0.25) is 0 Å². The lowest BCUT2D eigenvalue weighted by Crippen LogP contribution is -2.28. The van der Waals surface area contributed by atoms with E-state index in [1.165, 1.54) is 24.0 Å². The first kappa shape index (κ1) is 15.2. The summed E-state index contributed by atoms with van der Waals surface area (Å²) in [7, 11) is 0. The molecule has 122 valence electrons. The van der Waals surface area contributed by atoms with Gasteiger partial charge in [-0.2, -0.15) is 0 Å². The van der Waals surface area contributed by atoms with Crippen molar-refractivity contribution in [1.82, 2.24) is 20.3 Å². The van der Waals surface area contributed by atoms with E-state index in [0.717, 1.165) is 41.1 Å². The molecule has 1 aliphatic rings. The minimum absolute atomic E-state index is 0.588. The van der Waals surface area contributed by atoms with Crippen molar-refractivity contribution in [3.63, 3.8) is 0 Å². The number of aryl methyl sites for hydroxylation is 2. The summed E-state index contributed by atoms with van der Waals surface area (Å²) in [6.07, 6.45) is 6.09. The van der Waals surface area contributed by atoms with Gasteiger partial charge in [0, 0.05) is 24.5 Å². The molecule has 0 bridgehead atoms. The van der Waals surface area contributed by atoms with E-state index in [1.54, 1.807) is 12.4 Å². The van der Waals surface area contributed by atoms with Crippen LogP contribution in [0.4, 0.5) is 0 Å². The summed E-state index contributed by atoms with van der Waals surface area (Å²) >= 11 is 0. The Balaban J connectivity index is 1.81. The van der Waals surface area contributed by atoms with Gasteiger partial charge in [0.2, 0.25) is 0 Å². The van der Waals surface area contributed by atoms with Crippen molar-refractivity contribution in [2.24, 2.45) is 0 Å². The van der Waals surface area contributed by atoms with E-state index < -0.39 is 0 Å². The number of hydrogen-bond donors (Lipinski definition) is 1. The van der Waals surface area contributed by atoms with Crippen LogP contribution in [0, 0.1) is 13.8 Å². The summed E-state index contributed by atoms with van der Waals surface area (Å²) in [5.74, 6) is 0.588. The molecule has 24 heavy (non-hydrogen) atoms. The van der Waals surface area contributed by atoms with Crippen molar-refractivity contribution in [2.75, 3.05) is 13.1 Å². The molecule has 0 amide bonds. The van der Waals surface area contributed by atoms with Crippen molar-refractivity contribution in [1.29, 1.82) is 0 Å². The number of nitrogens with zero attached hydrogens (tertiary/aromatic N) is 3. The third-order valence-corrected chi connectivity index (χ3v) is 4.92. The number of piperidine rings is 1. The predicted molar refractivity (Wildman–Crippen MR) is 97.1 cm³/mol. The first-order valence-corrected chi connectivity index (χ1v) is 8.62. The Bertz CT molecular complexity index is 868. The molecule has 4 nitrogen and oxygen atoms in total. The zero-order valence-corrected chi connectivity index (χ0v) is 14.2. The maximum absolute atomic E-state index is 4.89.